The van der Waals surface area contributed by atoms with Gasteiger partial charge in [-0.1, -0.05) is 48.5 Å². The predicted molar refractivity (Wildman–Crippen MR) is 123 cm³/mol. The smallest absolute Gasteiger partial charge is 0.407 e. The van der Waals surface area contributed by atoms with Gasteiger partial charge in [-0.15, -0.1) is 0 Å². The lowest BCUT2D eigenvalue weighted by Crippen LogP contribution is -2.69. The third-order valence-electron chi connectivity index (χ3n) is 6.53. The molecule has 10 nitrogen and oxygen atoms in total. The van der Waals surface area contributed by atoms with Crippen LogP contribution in [0.4, 0.5) is 4.79 Å². The van der Waals surface area contributed by atoms with E-state index in [-0.39, 0.29) is 32.0 Å². The van der Waals surface area contributed by atoms with Crippen molar-refractivity contribution >= 4 is 18.0 Å². The van der Waals surface area contributed by atoms with Crippen LogP contribution in [0.3, 0.4) is 0 Å². The first-order valence-corrected chi connectivity index (χ1v) is 11.2. The minimum atomic E-state index is -1.97. The molecule has 0 saturated carbocycles. The molecule has 180 valence electrons. The van der Waals surface area contributed by atoms with Crippen LogP contribution >= 0.6 is 0 Å². The number of aromatic amines is 1. The van der Waals surface area contributed by atoms with E-state index in [1.54, 1.807) is 0 Å². The molecule has 2 amide bonds. The molecule has 1 unspecified atom stereocenters. The number of likely N-dealkylation sites (tertiary alicyclic amines) is 1. The molecular weight excluding hydrogens is 452 g/mol. The number of aromatic nitrogens is 2. The maximum absolute atomic E-state index is 13.0. The number of amides is 2. The summed E-state index contributed by atoms with van der Waals surface area (Å²) in [5.74, 6) is -2.04. The summed E-state index contributed by atoms with van der Waals surface area (Å²) >= 11 is 0. The summed E-state index contributed by atoms with van der Waals surface area (Å²) < 4.78 is 5.56. The number of nitrogens with one attached hydrogen (secondary N) is 2. The predicted octanol–water partition coefficient (Wildman–Crippen LogP) is 1.52. The number of H-pyrrole nitrogens is 1. The van der Waals surface area contributed by atoms with Gasteiger partial charge in [-0.2, -0.15) is 0 Å². The average Bonchev–Trinajstić information content (AvgIpc) is 3.46. The van der Waals surface area contributed by atoms with E-state index >= 15 is 0 Å². The summed E-state index contributed by atoms with van der Waals surface area (Å²) in [5, 5.41) is 21.7. The highest BCUT2D eigenvalue weighted by molar-refractivity contribution is 5.90. The normalized spacial score (nSPS) is 16.5. The van der Waals surface area contributed by atoms with Gasteiger partial charge in [0.2, 0.25) is 5.91 Å². The van der Waals surface area contributed by atoms with Crippen LogP contribution in [-0.4, -0.2) is 74.4 Å². The number of alkyl carbamates (subject to hydrolysis) is 1. The maximum Gasteiger partial charge on any atom is 0.407 e. The number of aliphatic hydroxyl groups is 1. The number of carbonyl (C=O) groups excluding carboxylic acids is 2. The zero-order chi connectivity index (χ0) is 24.6. The van der Waals surface area contributed by atoms with Crippen molar-refractivity contribution in [3.63, 3.8) is 0 Å². The molecular formula is C25H24N4O6. The van der Waals surface area contributed by atoms with Crippen LogP contribution in [0.25, 0.3) is 11.1 Å². The molecule has 10 heteroatoms. The van der Waals surface area contributed by atoms with Crippen LogP contribution in [0.5, 0.6) is 0 Å². The summed E-state index contributed by atoms with van der Waals surface area (Å²) in [4.78, 5) is 44.9. The van der Waals surface area contributed by atoms with Gasteiger partial charge in [0.1, 0.15) is 12.6 Å². The molecule has 1 aliphatic carbocycles. The standard InChI is InChI=1S/C25H24N4O6/c30-22(29-12-25(34,13-29)23(31)32)21(9-15-10-26-14-27-15)28-24(33)35-11-20-18-7-3-1-5-16(18)17-6-2-4-8-19(17)20/h1-8,10,14,20-21,34H,9,11-13H2,(H,26,27)(H,28,33)(H,31,32). The van der Waals surface area contributed by atoms with Gasteiger partial charge in [0.25, 0.3) is 0 Å². The van der Waals surface area contributed by atoms with Crippen LogP contribution < -0.4 is 5.32 Å². The topological polar surface area (TPSA) is 145 Å². The lowest BCUT2D eigenvalue weighted by molar-refractivity contribution is -0.182. The van der Waals surface area contributed by atoms with E-state index in [4.69, 9.17) is 9.84 Å². The number of benzene rings is 2. The molecule has 35 heavy (non-hydrogen) atoms. The Morgan fingerprint density at radius 1 is 1.11 bits per heavy atom. The molecule has 0 radical (unpaired) electrons. The quantitative estimate of drug-likeness (QED) is 0.405. The zero-order valence-corrected chi connectivity index (χ0v) is 18.7. The Bertz CT molecular complexity index is 1220. The van der Waals surface area contributed by atoms with Crippen molar-refractivity contribution in [1.82, 2.24) is 20.2 Å². The second kappa shape index (κ2) is 8.88. The van der Waals surface area contributed by atoms with Gasteiger partial charge in [0, 0.05) is 24.2 Å². The molecule has 0 spiro atoms. The summed E-state index contributed by atoms with van der Waals surface area (Å²) in [5.41, 5.74) is 2.98. The van der Waals surface area contributed by atoms with Gasteiger partial charge >= 0.3 is 12.1 Å². The molecule has 3 aromatic rings. The second-order valence-corrected chi connectivity index (χ2v) is 8.83. The number of carboxylic acids is 1. The SMILES string of the molecule is O=C(NC(Cc1cnc[nH]1)C(=O)N1CC(O)(C(=O)O)C1)OCC1c2ccccc2-c2ccccc21. The van der Waals surface area contributed by atoms with E-state index in [1.165, 1.54) is 17.4 Å². The number of rotatable bonds is 7. The Balaban J connectivity index is 1.27. The van der Waals surface area contributed by atoms with Crippen molar-refractivity contribution in [2.75, 3.05) is 19.7 Å². The average molecular weight is 476 g/mol. The van der Waals surface area contributed by atoms with Crippen molar-refractivity contribution in [2.45, 2.75) is 24.0 Å². The Labute approximate surface area is 200 Å². The summed E-state index contributed by atoms with van der Waals surface area (Å²) in [6.45, 7) is -0.618. The highest BCUT2D eigenvalue weighted by Crippen LogP contribution is 2.44. The number of fused-ring (bicyclic) bond motifs is 3. The van der Waals surface area contributed by atoms with Gasteiger partial charge in [-0.3, -0.25) is 4.79 Å². The molecule has 1 saturated heterocycles. The highest BCUT2D eigenvalue weighted by Gasteiger charge is 2.51. The molecule has 1 aromatic heterocycles. The Kier molecular flexibility index (Phi) is 5.73. The van der Waals surface area contributed by atoms with Crippen LogP contribution in [0.1, 0.15) is 22.7 Å². The number of β-amino-alcohol motifs (C(OH)–C–C–N with tert-alkyl or cyclic N) is 1. The summed E-state index contributed by atoms with van der Waals surface area (Å²) in [6, 6.07) is 14.9. The molecule has 2 aromatic carbocycles. The van der Waals surface area contributed by atoms with Crippen LogP contribution in [0, 0.1) is 0 Å². The number of hydrogen-bond acceptors (Lipinski definition) is 6. The Morgan fingerprint density at radius 2 is 1.74 bits per heavy atom. The molecule has 0 bridgehead atoms. The number of ether oxygens (including phenoxy) is 1. The van der Waals surface area contributed by atoms with Crippen LogP contribution in [0.2, 0.25) is 0 Å². The molecule has 1 aliphatic heterocycles. The Hall–Kier alpha value is -4.18. The maximum atomic E-state index is 13.0. The lowest BCUT2D eigenvalue weighted by atomic mass is 9.93. The summed E-state index contributed by atoms with van der Waals surface area (Å²) in [7, 11) is 0. The first-order chi connectivity index (χ1) is 16.9. The fourth-order valence-electron chi connectivity index (χ4n) is 4.70. The van der Waals surface area contributed by atoms with E-state index in [1.807, 2.05) is 48.5 Å². The number of hydrogen-bond donors (Lipinski definition) is 4. The molecule has 2 aliphatic rings. The fraction of sp³-hybridized carbons (Fsp3) is 0.280. The van der Waals surface area contributed by atoms with Gasteiger partial charge in [-0.05, 0) is 22.3 Å². The van der Waals surface area contributed by atoms with Crippen molar-refractivity contribution in [1.29, 1.82) is 0 Å². The molecule has 5 rings (SSSR count). The number of carboxylic acid groups (broad SMARTS) is 1. The van der Waals surface area contributed by atoms with Crippen LogP contribution in [0.15, 0.2) is 61.1 Å². The van der Waals surface area contributed by atoms with Gasteiger partial charge in [-0.25, -0.2) is 14.6 Å². The largest absolute Gasteiger partial charge is 0.479 e. The molecule has 2 heterocycles. The van der Waals surface area contributed by atoms with E-state index in [2.05, 4.69) is 15.3 Å². The van der Waals surface area contributed by atoms with Gasteiger partial charge < -0.3 is 30.2 Å². The third kappa shape index (κ3) is 4.24. The first-order valence-electron chi connectivity index (χ1n) is 11.2. The molecule has 4 N–H and O–H groups in total. The first kappa shape index (κ1) is 22.6. The highest BCUT2D eigenvalue weighted by atomic mass is 16.5. The van der Waals surface area contributed by atoms with E-state index < -0.39 is 29.6 Å². The molecule has 1 fully saturated rings. The Morgan fingerprint density at radius 3 is 2.31 bits per heavy atom. The van der Waals surface area contributed by atoms with Crippen molar-refractivity contribution in [2.24, 2.45) is 0 Å². The van der Waals surface area contributed by atoms with E-state index in [0.717, 1.165) is 22.3 Å². The second-order valence-electron chi connectivity index (χ2n) is 8.83. The van der Waals surface area contributed by atoms with Gasteiger partial charge in [0.15, 0.2) is 5.60 Å². The molecule has 1 atom stereocenters. The number of imidazole rings is 1. The van der Waals surface area contributed by atoms with E-state index in [9.17, 15) is 19.5 Å². The number of nitrogens with zero attached hydrogens (tertiary/aromatic N) is 2. The van der Waals surface area contributed by atoms with Crippen LogP contribution in [-0.2, 0) is 20.7 Å². The lowest BCUT2D eigenvalue weighted by Gasteiger charge is -2.44. The summed E-state index contributed by atoms with van der Waals surface area (Å²) in [6.07, 6.45) is 2.32. The van der Waals surface area contributed by atoms with Gasteiger partial charge in [0.05, 0.1) is 19.4 Å². The number of aliphatic carboxylic acids is 1. The van der Waals surface area contributed by atoms with Crippen molar-refractivity contribution in [3.05, 3.63) is 77.9 Å². The number of carbonyl (C=O) groups is 3. The fourth-order valence-corrected chi connectivity index (χ4v) is 4.70. The van der Waals surface area contributed by atoms with E-state index in [0.29, 0.717) is 5.69 Å². The zero-order valence-electron chi connectivity index (χ0n) is 18.7. The van der Waals surface area contributed by atoms with Crippen molar-refractivity contribution in [3.8, 4) is 11.1 Å². The minimum absolute atomic E-state index is 0.0906. The third-order valence-corrected chi connectivity index (χ3v) is 6.53. The minimum Gasteiger partial charge on any atom is -0.479 e. The van der Waals surface area contributed by atoms with Crippen molar-refractivity contribution < 1.29 is 29.3 Å². The monoisotopic (exact) mass is 476 g/mol.